The molecule has 3 rings (SSSR count). The lowest BCUT2D eigenvalue weighted by atomic mass is 10.0. The molecule has 1 aromatic heterocycles. The molecule has 0 atom stereocenters. The maximum absolute atomic E-state index is 4.51. The highest BCUT2D eigenvalue weighted by atomic mass is 14.9. The summed E-state index contributed by atoms with van der Waals surface area (Å²) in [6.07, 6.45) is 3.85. The Morgan fingerprint density at radius 2 is 1.53 bits per heavy atom. The molecule has 0 saturated carbocycles. The Morgan fingerprint density at radius 1 is 0.842 bits per heavy atom. The second-order valence-corrected chi connectivity index (χ2v) is 5.02. The third kappa shape index (κ3) is 2.22. The molecule has 0 fully saturated rings. The van der Waals surface area contributed by atoms with Gasteiger partial charge in [-0.1, -0.05) is 56.3 Å². The lowest BCUT2D eigenvalue weighted by Gasteiger charge is -2.07. The van der Waals surface area contributed by atoms with Crippen molar-refractivity contribution in [2.75, 3.05) is 0 Å². The van der Waals surface area contributed by atoms with Crippen LogP contribution in [0.4, 0.5) is 0 Å². The summed E-state index contributed by atoms with van der Waals surface area (Å²) in [5.41, 5.74) is 2.26. The Labute approximate surface area is 113 Å². The standard InChI is InChI=1S/C17H16N2/c1-12(2)14-10-18-17(19-11-14)16-9-5-7-13-6-3-4-8-15(13)16/h3-12H,1-2H3. The summed E-state index contributed by atoms with van der Waals surface area (Å²) in [5.74, 6) is 1.25. The largest absolute Gasteiger partial charge is 0.236 e. The van der Waals surface area contributed by atoms with Crippen molar-refractivity contribution < 1.29 is 0 Å². The maximum Gasteiger partial charge on any atom is 0.159 e. The van der Waals surface area contributed by atoms with E-state index in [0.29, 0.717) is 5.92 Å². The Bertz CT molecular complexity index is 695. The Hall–Kier alpha value is -2.22. The van der Waals surface area contributed by atoms with Crippen LogP contribution in [0, 0.1) is 0 Å². The van der Waals surface area contributed by atoms with Gasteiger partial charge in [0.2, 0.25) is 0 Å². The summed E-state index contributed by atoms with van der Waals surface area (Å²) in [5, 5.41) is 2.42. The van der Waals surface area contributed by atoms with Crippen molar-refractivity contribution in [3.8, 4) is 11.4 Å². The molecule has 0 saturated heterocycles. The van der Waals surface area contributed by atoms with Crippen molar-refractivity contribution in [1.29, 1.82) is 0 Å². The third-order valence-electron chi connectivity index (χ3n) is 3.37. The number of hydrogen-bond donors (Lipinski definition) is 0. The van der Waals surface area contributed by atoms with Crippen LogP contribution in [0.5, 0.6) is 0 Å². The molecule has 0 aliphatic rings. The molecule has 0 aliphatic carbocycles. The van der Waals surface area contributed by atoms with E-state index in [1.165, 1.54) is 16.3 Å². The normalized spacial score (nSPS) is 11.1. The molecule has 2 heteroatoms. The summed E-state index contributed by atoms with van der Waals surface area (Å²) in [6.45, 7) is 4.30. The number of aromatic nitrogens is 2. The quantitative estimate of drug-likeness (QED) is 0.671. The van der Waals surface area contributed by atoms with E-state index >= 15 is 0 Å². The molecule has 94 valence electrons. The second kappa shape index (κ2) is 4.81. The minimum absolute atomic E-state index is 0.460. The van der Waals surface area contributed by atoms with Gasteiger partial charge in [0.05, 0.1) is 0 Å². The fourth-order valence-electron chi connectivity index (χ4n) is 2.20. The van der Waals surface area contributed by atoms with Crippen LogP contribution >= 0.6 is 0 Å². The monoisotopic (exact) mass is 248 g/mol. The van der Waals surface area contributed by atoms with Crippen molar-refractivity contribution in [3.05, 3.63) is 60.4 Å². The zero-order valence-electron chi connectivity index (χ0n) is 11.2. The number of fused-ring (bicyclic) bond motifs is 1. The molecule has 19 heavy (non-hydrogen) atoms. The highest BCUT2D eigenvalue weighted by Crippen LogP contribution is 2.26. The van der Waals surface area contributed by atoms with Crippen LogP contribution < -0.4 is 0 Å². The van der Waals surface area contributed by atoms with E-state index in [1.807, 2.05) is 18.5 Å². The van der Waals surface area contributed by atoms with Crippen LogP contribution in [-0.2, 0) is 0 Å². The van der Waals surface area contributed by atoms with Crippen molar-refractivity contribution in [2.45, 2.75) is 19.8 Å². The van der Waals surface area contributed by atoms with Gasteiger partial charge in [-0.25, -0.2) is 9.97 Å². The van der Waals surface area contributed by atoms with E-state index in [1.54, 1.807) is 0 Å². The lowest BCUT2D eigenvalue weighted by Crippen LogP contribution is -1.94. The van der Waals surface area contributed by atoms with Crippen molar-refractivity contribution in [2.24, 2.45) is 0 Å². The van der Waals surface area contributed by atoms with Gasteiger partial charge in [0.1, 0.15) is 0 Å². The summed E-state index contributed by atoms with van der Waals surface area (Å²) < 4.78 is 0. The van der Waals surface area contributed by atoms with Crippen molar-refractivity contribution in [1.82, 2.24) is 9.97 Å². The van der Waals surface area contributed by atoms with Gasteiger partial charge >= 0.3 is 0 Å². The van der Waals surface area contributed by atoms with Crippen molar-refractivity contribution in [3.63, 3.8) is 0 Å². The van der Waals surface area contributed by atoms with Crippen LogP contribution in [0.25, 0.3) is 22.2 Å². The summed E-state index contributed by atoms with van der Waals surface area (Å²) in [6, 6.07) is 14.6. The van der Waals surface area contributed by atoms with Gasteiger partial charge in [-0.05, 0) is 22.3 Å². The van der Waals surface area contributed by atoms with Gasteiger partial charge in [-0.3, -0.25) is 0 Å². The second-order valence-electron chi connectivity index (χ2n) is 5.02. The molecule has 3 aromatic rings. The average molecular weight is 248 g/mol. The van der Waals surface area contributed by atoms with Crippen LogP contribution in [0.15, 0.2) is 54.9 Å². The topological polar surface area (TPSA) is 25.8 Å². The summed E-state index contributed by atoms with van der Waals surface area (Å²) in [7, 11) is 0. The van der Waals surface area contributed by atoms with Gasteiger partial charge in [-0.15, -0.1) is 0 Å². The van der Waals surface area contributed by atoms with E-state index in [9.17, 15) is 0 Å². The predicted molar refractivity (Wildman–Crippen MR) is 79.1 cm³/mol. The van der Waals surface area contributed by atoms with E-state index in [4.69, 9.17) is 0 Å². The molecule has 0 aliphatic heterocycles. The summed E-state index contributed by atoms with van der Waals surface area (Å²) >= 11 is 0. The predicted octanol–water partition coefficient (Wildman–Crippen LogP) is 4.42. The number of nitrogens with zero attached hydrogens (tertiary/aromatic N) is 2. The molecule has 1 heterocycles. The first-order valence-electron chi connectivity index (χ1n) is 6.56. The maximum atomic E-state index is 4.51. The van der Waals surface area contributed by atoms with Gasteiger partial charge in [0, 0.05) is 18.0 Å². The SMILES string of the molecule is CC(C)c1cnc(-c2cccc3ccccc23)nc1. The fourth-order valence-corrected chi connectivity index (χ4v) is 2.20. The fraction of sp³-hybridized carbons (Fsp3) is 0.176. The number of hydrogen-bond acceptors (Lipinski definition) is 2. The number of rotatable bonds is 2. The van der Waals surface area contributed by atoms with Gasteiger partial charge in [-0.2, -0.15) is 0 Å². The Morgan fingerprint density at radius 3 is 2.26 bits per heavy atom. The Balaban J connectivity index is 2.14. The van der Waals surface area contributed by atoms with E-state index in [-0.39, 0.29) is 0 Å². The average Bonchev–Trinajstić information content (AvgIpc) is 2.47. The van der Waals surface area contributed by atoms with Gasteiger partial charge in [0.15, 0.2) is 5.82 Å². The molecular weight excluding hydrogens is 232 g/mol. The Kier molecular flexibility index (Phi) is 3.00. The van der Waals surface area contributed by atoms with Crippen LogP contribution in [0.1, 0.15) is 25.3 Å². The first-order chi connectivity index (χ1) is 9.25. The van der Waals surface area contributed by atoms with Gasteiger partial charge < -0.3 is 0 Å². The third-order valence-corrected chi connectivity index (χ3v) is 3.37. The summed E-state index contributed by atoms with van der Waals surface area (Å²) in [4.78, 5) is 9.02. The molecule has 0 spiro atoms. The van der Waals surface area contributed by atoms with Crippen LogP contribution in [0.2, 0.25) is 0 Å². The van der Waals surface area contributed by atoms with E-state index < -0.39 is 0 Å². The van der Waals surface area contributed by atoms with E-state index in [2.05, 4.69) is 60.2 Å². The number of benzene rings is 2. The molecule has 2 aromatic carbocycles. The highest BCUT2D eigenvalue weighted by Gasteiger charge is 2.07. The van der Waals surface area contributed by atoms with Gasteiger partial charge in [0.25, 0.3) is 0 Å². The molecule has 0 N–H and O–H groups in total. The van der Waals surface area contributed by atoms with Crippen molar-refractivity contribution >= 4 is 10.8 Å². The van der Waals surface area contributed by atoms with E-state index in [0.717, 1.165) is 11.4 Å². The molecular formula is C17H16N2. The molecule has 2 nitrogen and oxygen atoms in total. The van der Waals surface area contributed by atoms with Crippen LogP contribution in [0.3, 0.4) is 0 Å². The molecule has 0 bridgehead atoms. The first kappa shape index (κ1) is 11.8. The zero-order valence-corrected chi connectivity index (χ0v) is 11.2. The minimum Gasteiger partial charge on any atom is -0.236 e. The smallest absolute Gasteiger partial charge is 0.159 e. The lowest BCUT2D eigenvalue weighted by molar-refractivity contribution is 0.847. The molecule has 0 unspecified atom stereocenters. The molecule has 0 radical (unpaired) electrons. The first-order valence-corrected chi connectivity index (χ1v) is 6.56. The highest BCUT2D eigenvalue weighted by molar-refractivity contribution is 5.94. The molecule has 0 amide bonds. The minimum atomic E-state index is 0.460. The van der Waals surface area contributed by atoms with Crippen LogP contribution in [-0.4, -0.2) is 9.97 Å². The zero-order chi connectivity index (χ0) is 13.2.